The van der Waals surface area contributed by atoms with E-state index in [0.29, 0.717) is 10.8 Å². The van der Waals surface area contributed by atoms with Gasteiger partial charge in [-0.1, -0.05) is 11.6 Å². The van der Waals surface area contributed by atoms with Gasteiger partial charge in [0.1, 0.15) is 11.4 Å². The van der Waals surface area contributed by atoms with Gasteiger partial charge in [0, 0.05) is 55.9 Å². The van der Waals surface area contributed by atoms with Crippen LogP contribution in [0.5, 0.6) is 5.75 Å². The minimum atomic E-state index is 0.599. The maximum atomic E-state index is 6.30. The summed E-state index contributed by atoms with van der Waals surface area (Å²) in [4.78, 5) is 7.21. The minimum Gasteiger partial charge on any atom is -0.495 e. The maximum absolute atomic E-state index is 6.30. The summed E-state index contributed by atoms with van der Waals surface area (Å²) >= 11 is 6.30. The van der Waals surface area contributed by atoms with Gasteiger partial charge in [-0.15, -0.1) is 0 Å². The molecule has 0 amide bonds. The first kappa shape index (κ1) is 16.2. The molecule has 130 valence electrons. The number of piperazine rings is 1. The number of nitrogens with zero attached hydrogens (tertiary/aromatic N) is 3. The highest BCUT2D eigenvalue weighted by atomic mass is 35.5. The number of aryl methyl sites for hydroxylation is 1. The fraction of sp³-hybridized carbons (Fsp3) is 0.316. The molecule has 0 unspecified atom stereocenters. The van der Waals surface area contributed by atoms with Crippen molar-refractivity contribution in [3.05, 3.63) is 47.2 Å². The number of imidazole rings is 1. The fourth-order valence-electron chi connectivity index (χ4n) is 3.31. The summed E-state index contributed by atoms with van der Waals surface area (Å²) < 4.78 is 7.34. The molecule has 0 atom stereocenters. The maximum Gasteiger partial charge on any atom is 0.139 e. The van der Waals surface area contributed by atoms with E-state index in [1.165, 1.54) is 5.69 Å². The topological polar surface area (TPSA) is 41.8 Å². The average Bonchev–Trinajstić information content (AvgIpc) is 3.07. The van der Waals surface area contributed by atoms with Crippen LogP contribution in [-0.4, -0.2) is 42.7 Å². The number of pyridine rings is 1. The third-order valence-corrected chi connectivity index (χ3v) is 5.00. The third kappa shape index (κ3) is 3.05. The molecule has 5 nitrogen and oxygen atoms in total. The fourth-order valence-corrected chi connectivity index (χ4v) is 3.55. The average molecular weight is 357 g/mol. The molecule has 2 aromatic heterocycles. The van der Waals surface area contributed by atoms with Gasteiger partial charge in [0.05, 0.1) is 17.8 Å². The number of halogens is 1. The van der Waals surface area contributed by atoms with E-state index >= 15 is 0 Å². The van der Waals surface area contributed by atoms with Gasteiger partial charge in [-0.25, -0.2) is 4.98 Å². The van der Waals surface area contributed by atoms with E-state index in [4.69, 9.17) is 21.3 Å². The van der Waals surface area contributed by atoms with Crippen molar-refractivity contribution in [3.63, 3.8) is 0 Å². The Balaban J connectivity index is 1.73. The van der Waals surface area contributed by atoms with Crippen molar-refractivity contribution in [1.82, 2.24) is 14.7 Å². The molecule has 1 fully saturated rings. The molecule has 0 saturated carbocycles. The summed E-state index contributed by atoms with van der Waals surface area (Å²) in [7, 11) is 1.63. The molecule has 1 aliphatic rings. The molecule has 0 bridgehead atoms. The summed E-state index contributed by atoms with van der Waals surface area (Å²) in [5.41, 5.74) is 5.19. The molecule has 0 aliphatic carbocycles. The van der Waals surface area contributed by atoms with E-state index in [-0.39, 0.29) is 0 Å². The van der Waals surface area contributed by atoms with Crippen molar-refractivity contribution in [1.29, 1.82) is 0 Å². The van der Waals surface area contributed by atoms with Gasteiger partial charge in [-0.3, -0.25) is 0 Å². The van der Waals surface area contributed by atoms with E-state index in [1.807, 2.05) is 25.3 Å². The Morgan fingerprint density at radius 2 is 2.00 bits per heavy atom. The molecule has 0 spiro atoms. The number of ether oxygens (including phenoxy) is 1. The van der Waals surface area contributed by atoms with Crippen molar-refractivity contribution >= 4 is 22.9 Å². The molecule has 1 saturated heterocycles. The normalized spacial score (nSPS) is 14.9. The summed E-state index contributed by atoms with van der Waals surface area (Å²) in [5, 5.41) is 3.98. The number of hydrogen-bond donors (Lipinski definition) is 1. The van der Waals surface area contributed by atoms with Crippen LogP contribution in [0.25, 0.3) is 16.9 Å². The van der Waals surface area contributed by atoms with E-state index in [9.17, 15) is 0 Å². The Bertz CT molecular complexity index is 915. The minimum absolute atomic E-state index is 0.599. The number of anilines is 1. The Hall–Kier alpha value is -2.24. The highest BCUT2D eigenvalue weighted by Gasteiger charge is 2.14. The lowest BCUT2D eigenvalue weighted by atomic mass is 10.1. The van der Waals surface area contributed by atoms with Crippen LogP contribution in [0.3, 0.4) is 0 Å². The molecular weight excluding hydrogens is 336 g/mol. The number of hydrogen-bond acceptors (Lipinski definition) is 4. The second-order valence-corrected chi connectivity index (χ2v) is 6.72. The van der Waals surface area contributed by atoms with Crippen molar-refractivity contribution in [2.75, 3.05) is 38.2 Å². The predicted octanol–water partition coefficient (Wildman–Crippen LogP) is 3.38. The van der Waals surface area contributed by atoms with Crippen LogP contribution in [0.4, 0.5) is 5.69 Å². The number of rotatable bonds is 3. The zero-order valence-corrected chi connectivity index (χ0v) is 15.2. The smallest absolute Gasteiger partial charge is 0.139 e. The van der Waals surface area contributed by atoms with Crippen LogP contribution in [0.15, 0.2) is 36.7 Å². The largest absolute Gasteiger partial charge is 0.495 e. The first-order valence-corrected chi connectivity index (χ1v) is 8.82. The third-order valence-electron chi connectivity index (χ3n) is 4.70. The Labute approximate surface area is 152 Å². The number of benzene rings is 1. The number of methoxy groups -OCH3 is 1. The van der Waals surface area contributed by atoms with Crippen LogP contribution >= 0.6 is 11.6 Å². The molecule has 1 aromatic carbocycles. The first-order valence-electron chi connectivity index (χ1n) is 8.44. The van der Waals surface area contributed by atoms with Gasteiger partial charge >= 0.3 is 0 Å². The Kier molecular flexibility index (Phi) is 4.27. The van der Waals surface area contributed by atoms with Crippen LogP contribution in [0.1, 0.15) is 5.56 Å². The zero-order valence-electron chi connectivity index (χ0n) is 14.4. The lowest BCUT2D eigenvalue weighted by Crippen LogP contribution is -2.43. The zero-order chi connectivity index (χ0) is 17.4. The van der Waals surface area contributed by atoms with Gasteiger partial charge in [-0.2, -0.15) is 0 Å². The van der Waals surface area contributed by atoms with E-state index in [0.717, 1.165) is 48.6 Å². The Morgan fingerprint density at radius 1 is 1.20 bits per heavy atom. The second-order valence-electron chi connectivity index (χ2n) is 6.32. The lowest BCUT2D eigenvalue weighted by molar-refractivity contribution is 0.415. The standard InChI is InChI=1S/C19H21ClN4O/c1-13-9-18(25-2)16(20)11-15(13)17-12-24-6-3-14(10-19(24)22-17)23-7-4-21-5-8-23/h3,6,9-12,21H,4-5,7-8H2,1-2H3. The second kappa shape index (κ2) is 6.58. The van der Waals surface area contributed by atoms with Gasteiger partial charge in [0.2, 0.25) is 0 Å². The summed E-state index contributed by atoms with van der Waals surface area (Å²) in [6, 6.07) is 8.18. The highest BCUT2D eigenvalue weighted by Crippen LogP contribution is 2.33. The summed E-state index contributed by atoms with van der Waals surface area (Å²) in [6.07, 6.45) is 4.12. The van der Waals surface area contributed by atoms with Gasteiger partial charge in [-0.05, 0) is 30.7 Å². The summed E-state index contributed by atoms with van der Waals surface area (Å²) in [5.74, 6) is 0.688. The molecule has 6 heteroatoms. The number of fused-ring (bicyclic) bond motifs is 1. The SMILES string of the molecule is COc1cc(C)c(-c2cn3ccc(N4CCNCC4)cc3n2)cc1Cl. The molecule has 4 rings (SSSR count). The Morgan fingerprint density at radius 3 is 2.76 bits per heavy atom. The molecule has 0 radical (unpaired) electrons. The monoisotopic (exact) mass is 356 g/mol. The van der Waals surface area contributed by atoms with Crippen molar-refractivity contribution in [3.8, 4) is 17.0 Å². The number of aromatic nitrogens is 2. The predicted molar refractivity (Wildman–Crippen MR) is 102 cm³/mol. The van der Waals surface area contributed by atoms with Crippen LogP contribution in [0, 0.1) is 6.92 Å². The quantitative estimate of drug-likeness (QED) is 0.781. The molecule has 25 heavy (non-hydrogen) atoms. The molecule has 3 heterocycles. The lowest BCUT2D eigenvalue weighted by Gasteiger charge is -2.29. The summed E-state index contributed by atoms with van der Waals surface area (Å²) in [6.45, 7) is 6.14. The first-order chi connectivity index (χ1) is 12.2. The molecular formula is C19H21ClN4O. The van der Waals surface area contributed by atoms with E-state index < -0.39 is 0 Å². The molecule has 1 aliphatic heterocycles. The van der Waals surface area contributed by atoms with Crippen molar-refractivity contribution in [2.45, 2.75) is 6.92 Å². The highest BCUT2D eigenvalue weighted by molar-refractivity contribution is 6.32. The van der Waals surface area contributed by atoms with E-state index in [1.54, 1.807) is 7.11 Å². The van der Waals surface area contributed by atoms with Crippen LogP contribution < -0.4 is 15.0 Å². The van der Waals surface area contributed by atoms with Crippen molar-refractivity contribution in [2.24, 2.45) is 0 Å². The van der Waals surface area contributed by atoms with Crippen molar-refractivity contribution < 1.29 is 4.74 Å². The number of nitrogens with one attached hydrogen (secondary N) is 1. The van der Waals surface area contributed by atoms with Crippen LogP contribution in [0.2, 0.25) is 5.02 Å². The van der Waals surface area contributed by atoms with E-state index in [2.05, 4.69) is 32.9 Å². The van der Waals surface area contributed by atoms with Gasteiger partial charge in [0.25, 0.3) is 0 Å². The van der Waals surface area contributed by atoms with Gasteiger partial charge < -0.3 is 19.4 Å². The molecule has 1 N–H and O–H groups in total. The van der Waals surface area contributed by atoms with Gasteiger partial charge in [0.15, 0.2) is 0 Å². The molecule has 3 aromatic rings. The van der Waals surface area contributed by atoms with Crippen LogP contribution in [-0.2, 0) is 0 Å².